The topological polar surface area (TPSA) is 68.3 Å². The number of ketones is 4. The summed E-state index contributed by atoms with van der Waals surface area (Å²) in [5.74, 6) is 13.5. The Morgan fingerprint density at radius 3 is 0.808 bits per heavy atom. The van der Waals surface area contributed by atoms with E-state index in [-0.39, 0.29) is 0 Å². The van der Waals surface area contributed by atoms with Crippen molar-refractivity contribution < 1.29 is 19.2 Å². The second-order valence-electron chi connectivity index (χ2n) is 7.07. The minimum absolute atomic E-state index is 0.680. The van der Waals surface area contributed by atoms with E-state index in [0.717, 1.165) is 0 Å². The van der Waals surface area contributed by atoms with Crippen molar-refractivity contribution in [2.75, 3.05) is 0 Å². The molecule has 0 bridgehead atoms. The number of rotatable bonds is 0. The molecule has 0 fully saturated rings. The summed E-state index contributed by atoms with van der Waals surface area (Å²) in [7, 11) is -3.40. The van der Waals surface area contributed by atoms with Crippen LogP contribution in [-0.2, 0) is 19.2 Å². The highest BCUT2D eigenvalue weighted by Crippen LogP contribution is 1.96. The lowest BCUT2D eigenvalue weighted by atomic mass is 10.3. The number of carbonyl (C=O) groups excluding carboxylic acids is 4. The molecule has 0 aromatic carbocycles. The zero-order chi connectivity index (χ0) is 20.4. The van der Waals surface area contributed by atoms with Gasteiger partial charge in [-0.15, -0.1) is 11.1 Å². The van der Waals surface area contributed by atoms with Gasteiger partial charge in [0.25, 0.3) is 23.1 Å². The third-order valence-corrected chi connectivity index (χ3v) is 3.72. The van der Waals surface area contributed by atoms with Gasteiger partial charge in [-0.25, -0.2) is 0 Å². The van der Waals surface area contributed by atoms with Crippen LogP contribution >= 0.6 is 0 Å². The highest BCUT2D eigenvalue weighted by molar-refractivity contribution is 6.84. The minimum Gasteiger partial charge on any atom is -0.270 e. The Hall–Kier alpha value is -3.09. The maximum absolute atomic E-state index is 11.4. The number of hydrogen-bond donors (Lipinski definition) is 0. The first-order valence-electron chi connectivity index (χ1n) is 7.57. The van der Waals surface area contributed by atoms with E-state index < -0.39 is 39.3 Å². The Balaban J connectivity index is 4.88. The molecule has 0 atom stereocenters. The molecule has 0 aromatic heterocycles. The molecule has 0 unspecified atom stereocenters. The molecule has 0 aliphatic rings. The summed E-state index contributed by atoms with van der Waals surface area (Å²) in [6.45, 7) is 11.8. The highest BCUT2D eigenvalue weighted by atomic mass is 28.3. The van der Waals surface area contributed by atoms with E-state index >= 15 is 0 Å². The van der Waals surface area contributed by atoms with Gasteiger partial charge in [0.15, 0.2) is 0 Å². The van der Waals surface area contributed by atoms with E-state index in [2.05, 4.69) is 34.8 Å². The fourth-order valence-corrected chi connectivity index (χ4v) is 1.93. The third kappa shape index (κ3) is 14.5. The quantitative estimate of drug-likeness (QED) is 0.359. The first kappa shape index (κ1) is 22.9. The lowest BCUT2D eigenvalue weighted by Crippen LogP contribution is -2.16. The van der Waals surface area contributed by atoms with Crippen LogP contribution in [-0.4, -0.2) is 39.3 Å². The summed E-state index contributed by atoms with van der Waals surface area (Å²) in [5.41, 5.74) is 5.64. The van der Waals surface area contributed by atoms with Gasteiger partial charge in [-0.1, -0.05) is 39.3 Å². The van der Waals surface area contributed by atoms with Gasteiger partial charge < -0.3 is 0 Å². The molecule has 26 heavy (non-hydrogen) atoms. The highest BCUT2D eigenvalue weighted by Gasteiger charge is 2.08. The van der Waals surface area contributed by atoms with E-state index in [1.54, 1.807) is 0 Å². The van der Waals surface area contributed by atoms with Crippen molar-refractivity contribution in [2.45, 2.75) is 39.3 Å². The summed E-state index contributed by atoms with van der Waals surface area (Å²) >= 11 is 0. The zero-order valence-corrected chi connectivity index (χ0v) is 17.6. The molecule has 0 heterocycles. The van der Waals surface area contributed by atoms with Crippen molar-refractivity contribution in [3.05, 3.63) is 0 Å². The van der Waals surface area contributed by atoms with Gasteiger partial charge in [0.2, 0.25) is 0 Å². The Labute approximate surface area is 156 Å². The van der Waals surface area contributed by atoms with E-state index in [4.69, 9.17) is 0 Å². The second kappa shape index (κ2) is 10.0. The van der Waals surface area contributed by atoms with Crippen molar-refractivity contribution in [1.82, 2.24) is 0 Å². The van der Waals surface area contributed by atoms with Gasteiger partial charge in [-0.3, -0.25) is 19.2 Å². The Bertz CT molecular complexity index is 868. The van der Waals surface area contributed by atoms with Crippen LogP contribution in [0.2, 0.25) is 39.3 Å². The van der Waals surface area contributed by atoms with Gasteiger partial charge >= 0.3 is 0 Å². The predicted octanol–water partition coefficient (Wildman–Crippen LogP) is 1.03. The Morgan fingerprint density at radius 2 is 0.615 bits per heavy atom. The smallest absolute Gasteiger partial charge is 0.270 e. The molecular formula is C20H18O4Si2. The molecule has 0 radical (unpaired) electrons. The minimum atomic E-state index is -1.70. The molecule has 0 aliphatic carbocycles. The molecule has 0 amide bonds. The van der Waals surface area contributed by atoms with Gasteiger partial charge in [0.1, 0.15) is 16.1 Å². The molecule has 0 saturated heterocycles. The van der Waals surface area contributed by atoms with Crippen LogP contribution in [0.5, 0.6) is 0 Å². The van der Waals surface area contributed by atoms with Crippen molar-refractivity contribution in [2.24, 2.45) is 0 Å². The standard InChI is InChI=1S/C20H18O4Si2/c1-25(2,3)15-13-19(23)11-9-17(21)7-8-18(22)10-12-20(24)14-16-26(4,5)6/h1-6H3. The zero-order valence-electron chi connectivity index (χ0n) is 15.6. The van der Waals surface area contributed by atoms with Gasteiger partial charge in [0.05, 0.1) is 0 Å². The van der Waals surface area contributed by atoms with Crippen molar-refractivity contribution in [3.8, 4) is 58.5 Å². The summed E-state index contributed by atoms with van der Waals surface area (Å²) in [6, 6.07) is 0. The fourth-order valence-electron chi connectivity index (χ4n) is 0.954. The Kier molecular flexibility index (Phi) is 8.84. The normalized spacial score (nSPS) is 9.00. The van der Waals surface area contributed by atoms with Crippen molar-refractivity contribution >= 4 is 39.3 Å². The maximum Gasteiger partial charge on any atom is 0.280 e. The van der Waals surface area contributed by atoms with E-state index in [0.29, 0.717) is 0 Å². The summed E-state index contributed by atoms with van der Waals surface area (Å²) < 4.78 is 0. The summed E-state index contributed by atoms with van der Waals surface area (Å²) in [4.78, 5) is 45.5. The van der Waals surface area contributed by atoms with Crippen LogP contribution in [0.1, 0.15) is 0 Å². The molecule has 0 N–H and O–H groups in total. The monoisotopic (exact) mass is 378 g/mol. The second-order valence-corrected chi connectivity index (χ2v) is 16.6. The van der Waals surface area contributed by atoms with Crippen LogP contribution in [0.15, 0.2) is 0 Å². The van der Waals surface area contributed by atoms with Crippen LogP contribution < -0.4 is 0 Å². The average molecular weight is 379 g/mol. The van der Waals surface area contributed by atoms with Crippen molar-refractivity contribution in [1.29, 1.82) is 0 Å². The number of Topliss-reactive ketones (excluding diaryl/α,β-unsaturated/α-hetero) is 4. The van der Waals surface area contributed by atoms with Crippen LogP contribution in [0, 0.1) is 58.5 Å². The first-order valence-corrected chi connectivity index (χ1v) is 14.6. The summed E-state index contributed by atoms with van der Waals surface area (Å²) in [6.07, 6.45) is 0. The van der Waals surface area contributed by atoms with Gasteiger partial charge in [-0.05, 0) is 47.4 Å². The SMILES string of the molecule is C[Si](C)(C)C#CC(=O)C#CC(=O)C#CC(=O)C#CC(=O)C#C[Si](C)(C)C. The fraction of sp³-hybridized carbons (Fsp3) is 0.300. The lowest BCUT2D eigenvalue weighted by molar-refractivity contribution is -0.111. The molecule has 0 spiro atoms. The Morgan fingerprint density at radius 1 is 0.423 bits per heavy atom. The molecule has 0 rings (SSSR count). The summed E-state index contributed by atoms with van der Waals surface area (Å²) in [5, 5.41) is 0. The van der Waals surface area contributed by atoms with Crippen LogP contribution in [0.25, 0.3) is 0 Å². The molecule has 4 nitrogen and oxygen atoms in total. The maximum atomic E-state index is 11.4. The van der Waals surface area contributed by atoms with E-state index in [1.165, 1.54) is 0 Å². The number of carbonyl (C=O) groups is 4. The molecular weight excluding hydrogens is 360 g/mol. The first-order chi connectivity index (χ1) is 11.8. The molecule has 0 saturated carbocycles. The average Bonchev–Trinajstić information content (AvgIpc) is 2.50. The van der Waals surface area contributed by atoms with Crippen LogP contribution in [0.3, 0.4) is 0 Å². The molecule has 0 aromatic rings. The molecule has 0 aliphatic heterocycles. The molecule has 6 heteroatoms. The van der Waals surface area contributed by atoms with Crippen LogP contribution in [0.4, 0.5) is 0 Å². The van der Waals surface area contributed by atoms with Gasteiger partial charge in [-0.2, -0.15) is 0 Å². The van der Waals surface area contributed by atoms with E-state index in [1.807, 2.05) is 63.0 Å². The molecule has 130 valence electrons. The lowest BCUT2D eigenvalue weighted by Gasteiger charge is -2.01. The van der Waals surface area contributed by atoms with Gasteiger partial charge in [0, 0.05) is 0 Å². The van der Waals surface area contributed by atoms with Crippen molar-refractivity contribution in [3.63, 3.8) is 0 Å². The van der Waals surface area contributed by atoms with E-state index in [9.17, 15) is 19.2 Å². The number of hydrogen-bond acceptors (Lipinski definition) is 4. The largest absolute Gasteiger partial charge is 0.280 e. The third-order valence-electron chi connectivity index (χ3n) is 1.97. The predicted molar refractivity (Wildman–Crippen MR) is 106 cm³/mol.